The van der Waals surface area contributed by atoms with Crippen LogP contribution in [0.4, 0.5) is 21.5 Å². The number of ether oxygens (including phenoxy) is 1. The van der Waals surface area contributed by atoms with E-state index in [-0.39, 0.29) is 17.6 Å². The maximum atomic E-state index is 14.5. The highest BCUT2D eigenvalue weighted by molar-refractivity contribution is 7.92. The molecule has 10 heteroatoms. The van der Waals surface area contributed by atoms with Gasteiger partial charge >= 0.3 is 0 Å². The van der Waals surface area contributed by atoms with Gasteiger partial charge in [0.25, 0.3) is 0 Å². The molecule has 3 rings (SSSR count). The van der Waals surface area contributed by atoms with Crippen LogP contribution in [-0.4, -0.2) is 51.3 Å². The van der Waals surface area contributed by atoms with Crippen molar-refractivity contribution in [1.29, 1.82) is 0 Å². The first-order valence-electron chi connectivity index (χ1n) is 9.79. The van der Waals surface area contributed by atoms with Gasteiger partial charge in [-0.3, -0.25) is 9.52 Å². The van der Waals surface area contributed by atoms with Crippen molar-refractivity contribution in [3.8, 4) is 11.1 Å². The summed E-state index contributed by atoms with van der Waals surface area (Å²) in [5.74, 6) is -0.847. The van der Waals surface area contributed by atoms with E-state index in [0.29, 0.717) is 35.7 Å². The topological polar surface area (TPSA) is 99.2 Å². The van der Waals surface area contributed by atoms with Crippen LogP contribution in [0.25, 0.3) is 11.1 Å². The Labute approximate surface area is 181 Å². The van der Waals surface area contributed by atoms with E-state index in [4.69, 9.17) is 4.74 Å². The van der Waals surface area contributed by atoms with Gasteiger partial charge in [0, 0.05) is 20.1 Å². The van der Waals surface area contributed by atoms with Crippen molar-refractivity contribution in [2.45, 2.75) is 33.2 Å². The van der Waals surface area contributed by atoms with E-state index in [1.807, 2.05) is 6.92 Å². The van der Waals surface area contributed by atoms with E-state index in [9.17, 15) is 22.7 Å². The summed E-state index contributed by atoms with van der Waals surface area (Å²) in [6.07, 6.45) is -0.252. The van der Waals surface area contributed by atoms with E-state index in [1.54, 1.807) is 41.0 Å². The normalized spacial score (nSPS) is 17.3. The Morgan fingerprint density at radius 1 is 1.26 bits per heavy atom. The molecular weight excluding hydrogens is 425 g/mol. The highest BCUT2D eigenvalue weighted by Gasteiger charge is 2.34. The van der Waals surface area contributed by atoms with Crippen molar-refractivity contribution in [3.05, 3.63) is 42.2 Å². The Morgan fingerprint density at radius 3 is 2.48 bits per heavy atom. The third-order valence-electron chi connectivity index (χ3n) is 4.97. The Bertz CT molecular complexity index is 1090. The minimum absolute atomic E-state index is 0.130. The molecule has 1 aliphatic rings. The van der Waals surface area contributed by atoms with Gasteiger partial charge in [0.2, 0.25) is 22.3 Å². The lowest BCUT2D eigenvalue weighted by Gasteiger charge is -2.43. The van der Waals surface area contributed by atoms with E-state index in [0.717, 1.165) is 6.26 Å². The molecule has 8 nitrogen and oxygen atoms in total. The van der Waals surface area contributed by atoms with E-state index in [1.165, 1.54) is 19.1 Å². The predicted octanol–water partition coefficient (Wildman–Crippen LogP) is 2.74. The molecule has 31 heavy (non-hydrogen) atoms. The number of hydrogen-bond donors (Lipinski definition) is 2. The van der Waals surface area contributed by atoms with Gasteiger partial charge in [-0.1, -0.05) is 12.1 Å². The molecule has 2 N–H and O–H groups in total. The fourth-order valence-corrected chi connectivity index (χ4v) is 4.31. The number of carbonyl (C=O) groups is 1. The van der Waals surface area contributed by atoms with Crippen LogP contribution in [0.5, 0.6) is 0 Å². The summed E-state index contributed by atoms with van der Waals surface area (Å²) in [5.41, 5.74) is 2.19. The van der Waals surface area contributed by atoms with E-state index >= 15 is 0 Å². The van der Waals surface area contributed by atoms with Crippen molar-refractivity contribution in [2.24, 2.45) is 0 Å². The van der Waals surface area contributed by atoms with Crippen LogP contribution in [0.15, 0.2) is 36.4 Å². The lowest BCUT2D eigenvalue weighted by Crippen LogP contribution is -2.53. The summed E-state index contributed by atoms with van der Waals surface area (Å²) in [7, 11) is -3.61. The molecule has 0 spiro atoms. The van der Waals surface area contributed by atoms with Gasteiger partial charge in [0.05, 0.1) is 29.4 Å². The molecule has 1 aliphatic heterocycles. The molecule has 0 fully saturated rings. The first-order valence-corrected chi connectivity index (χ1v) is 11.7. The molecule has 0 aliphatic carbocycles. The number of hydrogen-bond acceptors (Lipinski definition) is 6. The summed E-state index contributed by atoms with van der Waals surface area (Å²) < 4.78 is 44.7. The van der Waals surface area contributed by atoms with Crippen LogP contribution in [-0.2, 0) is 19.6 Å². The number of nitrogens with one attached hydrogen (secondary N) is 1. The van der Waals surface area contributed by atoms with Crippen molar-refractivity contribution in [2.75, 3.05) is 33.9 Å². The van der Waals surface area contributed by atoms with Gasteiger partial charge in [0.15, 0.2) is 0 Å². The van der Waals surface area contributed by atoms with Gasteiger partial charge in [-0.05, 0) is 49.2 Å². The molecule has 1 unspecified atom stereocenters. The zero-order valence-corrected chi connectivity index (χ0v) is 18.6. The smallest absolute Gasteiger partial charge is 0.238 e. The second-order valence-electron chi connectivity index (χ2n) is 7.44. The van der Waals surface area contributed by atoms with Crippen LogP contribution in [0.2, 0.25) is 0 Å². The fraction of sp³-hybridized carbons (Fsp3) is 0.381. The molecule has 2 aromatic rings. The Morgan fingerprint density at radius 2 is 1.90 bits per heavy atom. The lowest BCUT2D eigenvalue weighted by atomic mass is 10.0. The van der Waals surface area contributed by atoms with E-state index < -0.39 is 22.3 Å². The van der Waals surface area contributed by atoms with Gasteiger partial charge in [-0.15, -0.1) is 0 Å². The summed E-state index contributed by atoms with van der Waals surface area (Å²) >= 11 is 0. The number of halogens is 1. The fourth-order valence-electron chi connectivity index (χ4n) is 3.74. The molecule has 1 heterocycles. The zero-order valence-electron chi connectivity index (χ0n) is 17.8. The minimum atomic E-state index is -3.61. The summed E-state index contributed by atoms with van der Waals surface area (Å²) in [6.45, 7) is 5.78. The van der Waals surface area contributed by atoms with Crippen LogP contribution in [0.3, 0.4) is 0 Å². The maximum absolute atomic E-state index is 14.5. The molecular formula is C21H26FN3O5S. The number of aliphatic hydroxyl groups is 1. The number of carbonyl (C=O) groups excluding carboxylic acids is 1. The molecule has 1 amide bonds. The molecule has 0 aromatic heterocycles. The third kappa shape index (κ3) is 4.97. The number of benzene rings is 2. The molecule has 168 valence electrons. The average Bonchev–Trinajstić information content (AvgIpc) is 2.67. The van der Waals surface area contributed by atoms with Crippen molar-refractivity contribution in [3.63, 3.8) is 0 Å². The molecule has 2 atom stereocenters. The first-order chi connectivity index (χ1) is 14.5. The number of fused-ring (bicyclic) bond motifs is 1. The predicted molar refractivity (Wildman–Crippen MR) is 118 cm³/mol. The third-order valence-corrected chi connectivity index (χ3v) is 5.56. The standard InChI is InChI=1S/C21H26FN3O5S/c1-5-30-21(27)24-12-13(2)25(14(3)26)19-9-7-16(11-20(19)24)15-6-8-18(17(22)10-15)23-31(4,28)29/h6-11,13,21,23,27H,5,12H2,1-4H3/t13-,21?/m0/s1. The number of sulfonamides is 1. The second kappa shape index (κ2) is 8.81. The van der Waals surface area contributed by atoms with Crippen LogP contribution < -0.4 is 14.5 Å². The first kappa shape index (κ1) is 23.0. The van der Waals surface area contributed by atoms with Gasteiger partial charge in [0.1, 0.15) is 5.82 Å². The number of aliphatic hydroxyl groups excluding tert-OH is 1. The quantitative estimate of drug-likeness (QED) is 0.656. The summed E-state index contributed by atoms with van der Waals surface area (Å²) in [5, 5.41) is 10.5. The number of anilines is 3. The Kier molecular flexibility index (Phi) is 6.54. The lowest BCUT2D eigenvalue weighted by molar-refractivity contribution is -0.117. The summed E-state index contributed by atoms with van der Waals surface area (Å²) in [4.78, 5) is 15.5. The van der Waals surface area contributed by atoms with Crippen LogP contribution in [0.1, 0.15) is 20.8 Å². The van der Waals surface area contributed by atoms with Gasteiger partial charge in [-0.2, -0.15) is 0 Å². The second-order valence-corrected chi connectivity index (χ2v) is 9.19. The largest absolute Gasteiger partial charge is 0.351 e. The zero-order chi connectivity index (χ0) is 22.9. The molecule has 0 saturated carbocycles. The van der Waals surface area contributed by atoms with Gasteiger partial charge in [-0.25, -0.2) is 12.8 Å². The monoisotopic (exact) mass is 451 g/mol. The highest BCUT2D eigenvalue weighted by Crippen LogP contribution is 2.40. The van der Waals surface area contributed by atoms with Crippen LogP contribution >= 0.6 is 0 Å². The van der Waals surface area contributed by atoms with Crippen LogP contribution in [0, 0.1) is 5.82 Å². The van der Waals surface area contributed by atoms with Crippen molar-refractivity contribution >= 4 is 33.0 Å². The number of rotatable bonds is 6. The molecule has 0 bridgehead atoms. The highest BCUT2D eigenvalue weighted by atomic mass is 32.2. The van der Waals surface area contributed by atoms with Gasteiger partial charge < -0.3 is 19.6 Å². The minimum Gasteiger partial charge on any atom is -0.351 e. The maximum Gasteiger partial charge on any atom is 0.238 e. The summed E-state index contributed by atoms with van der Waals surface area (Å²) in [6, 6.07) is 9.22. The number of nitrogens with zero attached hydrogens (tertiary/aromatic N) is 2. The van der Waals surface area contributed by atoms with Crippen molar-refractivity contribution < 1.29 is 27.4 Å². The molecule has 0 saturated heterocycles. The van der Waals surface area contributed by atoms with E-state index in [2.05, 4.69) is 4.72 Å². The average molecular weight is 452 g/mol. The Hall–Kier alpha value is -2.69. The number of amides is 1. The molecule has 0 radical (unpaired) electrons. The Balaban J connectivity index is 2.06. The molecule has 2 aromatic carbocycles. The van der Waals surface area contributed by atoms with Crippen molar-refractivity contribution in [1.82, 2.24) is 0 Å². The SMILES string of the molecule is CCOC(O)N1C[C@H](C)N(C(C)=O)c2ccc(-c3ccc(NS(C)(=O)=O)c(F)c3)cc21.